The Labute approximate surface area is 139 Å². The van der Waals surface area contributed by atoms with Crippen LogP contribution in [0.4, 0.5) is 0 Å². The highest BCUT2D eigenvalue weighted by Gasteiger charge is 2.27. The lowest BCUT2D eigenvalue weighted by atomic mass is 10.1. The summed E-state index contributed by atoms with van der Waals surface area (Å²) in [6.07, 6.45) is 1.60. The van der Waals surface area contributed by atoms with Gasteiger partial charge in [-0.1, -0.05) is 37.6 Å². The van der Waals surface area contributed by atoms with E-state index in [0.717, 1.165) is 0 Å². The van der Waals surface area contributed by atoms with Crippen LogP contribution < -0.4 is 4.72 Å². The standard InChI is InChI=1S/C15H17ClN2O4S/c1-9(2)8-12(15(19)20)18-23(21,22)13-5-3-4-10-11(16)6-7-17-14(10)13/h3-7,9,12,18H,8H2,1-2H3,(H,19,20)/t12-/m0/s1. The van der Waals surface area contributed by atoms with Crippen molar-refractivity contribution in [3.8, 4) is 0 Å². The summed E-state index contributed by atoms with van der Waals surface area (Å²) in [4.78, 5) is 15.3. The van der Waals surface area contributed by atoms with E-state index in [-0.39, 0.29) is 22.8 Å². The fourth-order valence-electron chi connectivity index (χ4n) is 2.25. The Balaban J connectivity index is 2.48. The highest BCUT2D eigenvalue weighted by Crippen LogP contribution is 2.26. The van der Waals surface area contributed by atoms with Gasteiger partial charge in [0.25, 0.3) is 0 Å². The van der Waals surface area contributed by atoms with Gasteiger partial charge < -0.3 is 5.11 Å². The Bertz CT molecular complexity index is 836. The van der Waals surface area contributed by atoms with Crippen LogP contribution in [-0.2, 0) is 14.8 Å². The van der Waals surface area contributed by atoms with Crippen molar-refractivity contribution in [3.05, 3.63) is 35.5 Å². The number of aliphatic carboxylic acids is 1. The van der Waals surface area contributed by atoms with Crippen LogP contribution in [0.5, 0.6) is 0 Å². The number of sulfonamides is 1. The molecule has 0 bridgehead atoms. The van der Waals surface area contributed by atoms with E-state index >= 15 is 0 Å². The molecule has 2 rings (SSSR count). The van der Waals surface area contributed by atoms with E-state index in [2.05, 4.69) is 9.71 Å². The summed E-state index contributed by atoms with van der Waals surface area (Å²) in [6.45, 7) is 3.65. The molecule has 8 heteroatoms. The Morgan fingerprint density at radius 2 is 2.04 bits per heavy atom. The lowest BCUT2D eigenvalue weighted by Gasteiger charge is -2.17. The Morgan fingerprint density at radius 1 is 1.35 bits per heavy atom. The number of rotatable bonds is 6. The van der Waals surface area contributed by atoms with Gasteiger partial charge in [-0.15, -0.1) is 0 Å². The number of carbonyl (C=O) groups is 1. The van der Waals surface area contributed by atoms with E-state index in [0.29, 0.717) is 10.4 Å². The minimum absolute atomic E-state index is 0.0267. The van der Waals surface area contributed by atoms with E-state index in [1.54, 1.807) is 18.2 Å². The molecule has 2 N–H and O–H groups in total. The first-order chi connectivity index (χ1) is 10.7. The molecule has 0 saturated carbocycles. The van der Waals surface area contributed by atoms with E-state index < -0.39 is 22.0 Å². The molecule has 124 valence electrons. The number of carboxylic acids is 1. The lowest BCUT2D eigenvalue weighted by molar-refractivity contribution is -0.139. The zero-order valence-corrected chi connectivity index (χ0v) is 14.2. The predicted molar refractivity (Wildman–Crippen MR) is 88.0 cm³/mol. The van der Waals surface area contributed by atoms with Crippen molar-refractivity contribution in [1.82, 2.24) is 9.71 Å². The summed E-state index contributed by atoms with van der Waals surface area (Å²) < 4.78 is 27.4. The number of hydrogen-bond donors (Lipinski definition) is 2. The van der Waals surface area contributed by atoms with Crippen LogP contribution in [0, 0.1) is 5.92 Å². The SMILES string of the molecule is CC(C)C[C@H](NS(=O)(=O)c1cccc2c(Cl)ccnc12)C(=O)O. The molecule has 0 aliphatic carbocycles. The third-order valence-electron chi connectivity index (χ3n) is 3.27. The molecule has 0 saturated heterocycles. The largest absolute Gasteiger partial charge is 0.480 e. The maximum Gasteiger partial charge on any atom is 0.321 e. The number of pyridine rings is 1. The van der Waals surface area contributed by atoms with Gasteiger partial charge in [-0.05, 0) is 24.5 Å². The van der Waals surface area contributed by atoms with E-state index in [9.17, 15) is 18.3 Å². The molecule has 1 aromatic heterocycles. The van der Waals surface area contributed by atoms with Crippen molar-refractivity contribution < 1.29 is 18.3 Å². The van der Waals surface area contributed by atoms with Gasteiger partial charge in [0.05, 0.1) is 10.5 Å². The fraction of sp³-hybridized carbons (Fsp3) is 0.333. The second kappa shape index (κ2) is 6.82. The minimum Gasteiger partial charge on any atom is -0.480 e. The number of fused-ring (bicyclic) bond motifs is 1. The second-order valence-corrected chi connectivity index (χ2v) is 7.68. The number of nitrogens with one attached hydrogen (secondary N) is 1. The highest BCUT2D eigenvalue weighted by molar-refractivity contribution is 7.89. The molecule has 0 radical (unpaired) electrons. The topological polar surface area (TPSA) is 96.4 Å². The molecular weight excluding hydrogens is 340 g/mol. The summed E-state index contributed by atoms with van der Waals surface area (Å²) >= 11 is 6.05. The first-order valence-electron chi connectivity index (χ1n) is 7.00. The van der Waals surface area contributed by atoms with Crippen molar-refractivity contribution in [3.63, 3.8) is 0 Å². The van der Waals surface area contributed by atoms with Crippen molar-refractivity contribution in [2.75, 3.05) is 0 Å². The quantitative estimate of drug-likeness (QED) is 0.829. The number of carboxylic acid groups (broad SMARTS) is 1. The first kappa shape index (κ1) is 17.7. The number of para-hydroxylation sites is 1. The van der Waals surface area contributed by atoms with Gasteiger partial charge in [0, 0.05) is 11.6 Å². The number of halogens is 1. The maximum absolute atomic E-state index is 12.6. The molecule has 0 aliphatic rings. The van der Waals surface area contributed by atoms with Crippen LogP contribution in [-0.4, -0.2) is 30.5 Å². The summed E-state index contributed by atoms with van der Waals surface area (Å²) in [5, 5.41) is 10.1. The Kier molecular flexibility index (Phi) is 5.23. The third-order valence-corrected chi connectivity index (χ3v) is 5.11. The molecule has 1 heterocycles. The molecule has 6 nitrogen and oxygen atoms in total. The first-order valence-corrected chi connectivity index (χ1v) is 8.87. The normalized spacial score (nSPS) is 13.4. The zero-order chi connectivity index (χ0) is 17.2. The third kappa shape index (κ3) is 3.99. The van der Waals surface area contributed by atoms with Gasteiger partial charge in [-0.2, -0.15) is 4.72 Å². The summed E-state index contributed by atoms with van der Waals surface area (Å²) in [6, 6.07) is 4.94. The number of nitrogens with zero attached hydrogens (tertiary/aromatic N) is 1. The van der Waals surface area contributed by atoms with Crippen LogP contribution in [0.2, 0.25) is 5.02 Å². The summed E-state index contributed by atoms with van der Waals surface area (Å²) in [5.41, 5.74) is 0.209. The lowest BCUT2D eigenvalue weighted by Crippen LogP contribution is -2.41. The van der Waals surface area contributed by atoms with Crippen molar-refractivity contribution in [1.29, 1.82) is 0 Å². The van der Waals surface area contributed by atoms with Gasteiger partial charge in [0.2, 0.25) is 10.0 Å². The number of benzene rings is 1. The van der Waals surface area contributed by atoms with Crippen LogP contribution in [0.3, 0.4) is 0 Å². The van der Waals surface area contributed by atoms with Gasteiger partial charge in [-0.3, -0.25) is 9.78 Å². The van der Waals surface area contributed by atoms with Gasteiger partial charge in [0.15, 0.2) is 0 Å². The molecule has 2 aromatic rings. The van der Waals surface area contributed by atoms with Crippen LogP contribution in [0.15, 0.2) is 35.4 Å². The van der Waals surface area contributed by atoms with Crippen molar-refractivity contribution >= 4 is 38.5 Å². The average molecular weight is 357 g/mol. The summed E-state index contributed by atoms with van der Waals surface area (Å²) in [7, 11) is -4.05. The van der Waals surface area contributed by atoms with Crippen LogP contribution in [0.1, 0.15) is 20.3 Å². The molecule has 0 unspecified atom stereocenters. The molecule has 0 fully saturated rings. The zero-order valence-electron chi connectivity index (χ0n) is 12.7. The Hall–Kier alpha value is -1.70. The van der Waals surface area contributed by atoms with Gasteiger partial charge in [0.1, 0.15) is 10.9 Å². The van der Waals surface area contributed by atoms with E-state index in [1.165, 1.54) is 12.3 Å². The number of hydrogen-bond acceptors (Lipinski definition) is 4. The monoisotopic (exact) mass is 356 g/mol. The molecule has 23 heavy (non-hydrogen) atoms. The number of aromatic nitrogens is 1. The van der Waals surface area contributed by atoms with Gasteiger partial charge in [-0.25, -0.2) is 8.42 Å². The highest BCUT2D eigenvalue weighted by atomic mass is 35.5. The fourth-order valence-corrected chi connectivity index (χ4v) is 3.84. The molecule has 0 aliphatic heterocycles. The minimum atomic E-state index is -4.05. The van der Waals surface area contributed by atoms with Gasteiger partial charge >= 0.3 is 5.97 Å². The van der Waals surface area contributed by atoms with Crippen molar-refractivity contribution in [2.24, 2.45) is 5.92 Å². The van der Waals surface area contributed by atoms with Crippen molar-refractivity contribution in [2.45, 2.75) is 31.2 Å². The second-order valence-electron chi connectivity index (χ2n) is 5.59. The smallest absolute Gasteiger partial charge is 0.321 e. The van der Waals surface area contributed by atoms with Crippen LogP contribution in [0.25, 0.3) is 10.9 Å². The molecule has 1 atom stereocenters. The molecule has 0 spiro atoms. The maximum atomic E-state index is 12.6. The predicted octanol–water partition coefficient (Wildman–Crippen LogP) is 2.67. The van der Waals surface area contributed by atoms with Crippen LogP contribution >= 0.6 is 11.6 Å². The average Bonchev–Trinajstić information content (AvgIpc) is 2.45. The molecule has 1 aromatic carbocycles. The Morgan fingerprint density at radius 3 is 2.65 bits per heavy atom. The van der Waals surface area contributed by atoms with E-state index in [1.807, 2.05) is 13.8 Å². The summed E-state index contributed by atoms with van der Waals surface area (Å²) in [5.74, 6) is -1.19. The molecular formula is C15H17ClN2O4S. The van der Waals surface area contributed by atoms with E-state index in [4.69, 9.17) is 11.6 Å². The molecule has 0 amide bonds.